The first-order chi connectivity index (χ1) is 6.83. The first-order valence-electron chi connectivity index (χ1n) is 3.72. The van der Waals surface area contributed by atoms with Gasteiger partial charge in [0.25, 0.3) is 0 Å². The Labute approximate surface area is 87.4 Å². The molecule has 7 heteroatoms. The second-order valence-electron chi connectivity index (χ2n) is 2.57. The van der Waals surface area contributed by atoms with Gasteiger partial charge < -0.3 is 10.5 Å². The van der Waals surface area contributed by atoms with E-state index in [0.717, 1.165) is 12.1 Å². The number of thioether (sulfide) groups is 1. The summed E-state index contributed by atoms with van der Waals surface area (Å²) in [6.45, 7) is 0. The molecule has 1 rings (SSSR count). The van der Waals surface area contributed by atoms with E-state index >= 15 is 0 Å². The van der Waals surface area contributed by atoms with Crippen molar-refractivity contribution < 1.29 is 22.3 Å². The number of alkyl halides is 3. The molecule has 0 spiro atoms. The Hall–Kier alpha value is -1.11. The highest BCUT2D eigenvalue weighted by Crippen LogP contribution is 2.40. The smallest absolute Gasteiger partial charge is 0.446 e. The Morgan fingerprint density at radius 2 is 1.93 bits per heavy atom. The van der Waals surface area contributed by atoms with E-state index in [1.54, 1.807) is 0 Å². The fourth-order valence-electron chi connectivity index (χ4n) is 0.930. The van der Waals surface area contributed by atoms with Crippen molar-refractivity contribution in [2.75, 3.05) is 12.8 Å². The fourth-order valence-corrected chi connectivity index (χ4v) is 1.50. The zero-order chi connectivity index (χ0) is 11.6. The maximum Gasteiger partial charge on any atom is 0.446 e. The molecule has 0 bridgehead atoms. The van der Waals surface area contributed by atoms with Gasteiger partial charge in [-0.2, -0.15) is 13.2 Å². The zero-order valence-electron chi connectivity index (χ0n) is 7.56. The van der Waals surface area contributed by atoms with Crippen LogP contribution in [0.1, 0.15) is 0 Å². The van der Waals surface area contributed by atoms with Crippen LogP contribution >= 0.6 is 11.8 Å². The Bertz CT molecular complexity index is 366. The van der Waals surface area contributed by atoms with Gasteiger partial charge in [-0.3, -0.25) is 0 Å². The van der Waals surface area contributed by atoms with Gasteiger partial charge in [0, 0.05) is 6.07 Å². The Balaban J connectivity index is 3.08. The van der Waals surface area contributed by atoms with Gasteiger partial charge in [-0.15, -0.1) is 0 Å². The molecule has 0 unspecified atom stereocenters. The first-order valence-corrected chi connectivity index (χ1v) is 4.54. The van der Waals surface area contributed by atoms with E-state index in [4.69, 9.17) is 5.73 Å². The molecule has 0 aliphatic rings. The van der Waals surface area contributed by atoms with E-state index in [2.05, 4.69) is 4.74 Å². The molecular formula is C8H7F4NOS. The molecule has 84 valence electrons. The highest BCUT2D eigenvalue weighted by molar-refractivity contribution is 8.00. The maximum absolute atomic E-state index is 13.0. The monoisotopic (exact) mass is 241 g/mol. The van der Waals surface area contributed by atoms with E-state index in [0.29, 0.717) is 0 Å². The van der Waals surface area contributed by atoms with Crippen LogP contribution in [0.2, 0.25) is 0 Å². The molecule has 15 heavy (non-hydrogen) atoms. The van der Waals surface area contributed by atoms with Crippen LogP contribution in [0.3, 0.4) is 0 Å². The zero-order valence-corrected chi connectivity index (χ0v) is 8.38. The summed E-state index contributed by atoms with van der Waals surface area (Å²) in [6, 6.07) is 1.72. The van der Waals surface area contributed by atoms with Gasteiger partial charge in [0.15, 0.2) is 0 Å². The van der Waals surface area contributed by atoms with Crippen LogP contribution in [-0.4, -0.2) is 12.6 Å². The van der Waals surface area contributed by atoms with E-state index in [1.807, 2.05) is 0 Å². The molecule has 0 atom stereocenters. The first kappa shape index (κ1) is 12.0. The van der Waals surface area contributed by atoms with Gasteiger partial charge in [0.05, 0.1) is 17.7 Å². The van der Waals surface area contributed by atoms with Gasteiger partial charge in [-0.25, -0.2) is 4.39 Å². The lowest BCUT2D eigenvalue weighted by Crippen LogP contribution is -2.02. The van der Waals surface area contributed by atoms with E-state index in [1.165, 1.54) is 7.11 Å². The lowest BCUT2D eigenvalue weighted by molar-refractivity contribution is -0.0329. The molecule has 0 aliphatic heterocycles. The summed E-state index contributed by atoms with van der Waals surface area (Å²) < 4.78 is 53.7. The van der Waals surface area contributed by atoms with Crippen molar-refractivity contribution in [1.29, 1.82) is 0 Å². The van der Waals surface area contributed by atoms with Gasteiger partial charge in [-0.05, 0) is 17.8 Å². The Morgan fingerprint density at radius 1 is 1.33 bits per heavy atom. The molecule has 1 aromatic rings. The van der Waals surface area contributed by atoms with E-state index in [-0.39, 0.29) is 11.4 Å². The predicted octanol–water partition coefficient (Wildman–Crippen LogP) is 3.03. The molecule has 0 amide bonds. The van der Waals surface area contributed by atoms with Crippen molar-refractivity contribution >= 4 is 17.4 Å². The minimum Gasteiger partial charge on any atom is -0.495 e. The fraction of sp³-hybridized carbons (Fsp3) is 0.250. The molecule has 0 aromatic heterocycles. The van der Waals surface area contributed by atoms with Crippen LogP contribution in [0.25, 0.3) is 0 Å². The molecule has 0 fully saturated rings. The summed E-state index contributed by atoms with van der Waals surface area (Å²) in [5, 5.41) is 0. The quantitative estimate of drug-likeness (QED) is 0.491. The number of anilines is 1. The van der Waals surface area contributed by atoms with Crippen LogP contribution in [0, 0.1) is 5.82 Å². The minimum atomic E-state index is -4.54. The van der Waals surface area contributed by atoms with Gasteiger partial charge >= 0.3 is 5.51 Å². The van der Waals surface area contributed by atoms with Crippen molar-refractivity contribution in [2.45, 2.75) is 10.4 Å². The second-order valence-corrected chi connectivity index (χ2v) is 3.68. The third-order valence-electron chi connectivity index (χ3n) is 1.51. The van der Waals surface area contributed by atoms with Crippen molar-refractivity contribution in [1.82, 2.24) is 0 Å². The number of methoxy groups -OCH3 is 1. The number of ether oxygens (including phenoxy) is 1. The second kappa shape index (κ2) is 4.18. The molecule has 0 aliphatic carbocycles. The van der Waals surface area contributed by atoms with Crippen LogP contribution < -0.4 is 10.5 Å². The number of nitrogen functional groups attached to an aromatic ring is 1. The number of nitrogens with two attached hydrogens (primary N) is 1. The topological polar surface area (TPSA) is 35.2 Å². The summed E-state index contributed by atoms with van der Waals surface area (Å²) in [7, 11) is 1.24. The number of rotatable bonds is 2. The lowest BCUT2D eigenvalue weighted by Gasteiger charge is -2.10. The van der Waals surface area contributed by atoms with E-state index in [9.17, 15) is 17.6 Å². The molecule has 0 radical (unpaired) electrons. The van der Waals surface area contributed by atoms with Crippen LogP contribution in [-0.2, 0) is 0 Å². The summed E-state index contributed by atoms with van der Waals surface area (Å²) in [6.07, 6.45) is 0. The van der Waals surface area contributed by atoms with Crippen LogP contribution in [0.5, 0.6) is 5.75 Å². The van der Waals surface area contributed by atoms with Crippen molar-refractivity contribution in [2.24, 2.45) is 0 Å². The average molecular weight is 241 g/mol. The van der Waals surface area contributed by atoms with Crippen molar-refractivity contribution in [3.8, 4) is 5.75 Å². The molecule has 0 heterocycles. The third kappa shape index (κ3) is 3.19. The number of hydrogen-bond donors (Lipinski definition) is 1. The predicted molar refractivity (Wildman–Crippen MR) is 49.3 cm³/mol. The average Bonchev–Trinajstić information content (AvgIpc) is 2.07. The Morgan fingerprint density at radius 3 is 2.40 bits per heavy atom. The van der Waals surface area contributed by atoms with Gasteiger partial charge in [0.1, 0.15) is 11.6 Å². The van der Waals surface area contributed by atoms with Gasteiger partial charge in [0.2, 0.25) is 0 Å². The van der Waals surface area contributed by atoms with Crippen LogP contribution in [0.4, 0.5) is 23.2 Å². The lowest BCUT2D eigenvalue weighted by atomic mass is 10.3. The number of halogens is 4. The van der Waals surface area contributed by atoms with Crippen LogP contribution in [0.15, 0.2) is 17.0 Å². The maximum atomic E-state index is 13.0. The number of hydrogen-bond acceptors (Lipinski definition) is 3. The Kier molecular flexibility index (Phi) is 3.33. The summed E-state index contributed by atoms with van der Waals surface area (Å²) >= 11 is -0.545. The van der Waals surface area contributed by atoms with Gasteiger partial charge in [-0.1, -0.05) is 0 Å². The molecular weight excluding hydrogens is 234 g/mol. The number of benzene rings is 1. The molecule has 1 aromatic carbocycles. The molecule has 0 saturated carbocycles. The SMILES string of the molecule is COc1cc(SC(F)(F)F)c(F)cc1N. The largest absolute Gasteiger partial charge is 0.495 e. The molecule has 2 N–H and O–H groups in total. The normalized spacial score (nSPS) is 11.5. The minimum absolute atomic E-state index is 0.0168. The summed E-state index contributed by atoms with van der Waals surface area (Å²) in [5.74, 6) is -1.00. The van der Waals surface area contributed by atoms with Crippen molar-refractivity contribution in [3.05, 3.63) is 17.9 Å². The summed E-state index contributed by atoms with van der Waals surface area (Å²) in [5.41, 5.74) is 0.729. The standard InChI is InChI=1S/C8H7F4NOS/c1-14-6-3-7(15-8(10,11)12)4(9)2-5(6)13/h2-3H,13H2,1H3. The molecule has 0 saturated heterocycles. The van der Waals surface area contributed by atoms with E-state index < -0.39 is 28.0 Å². The van der Waals surface area contributed by atoms with Crippen molar-refractivity contribution in [3.63, 3.8) is 0 Å². The highest BCUT2D eigenvalue weighted by atomic mass is 32.2. The highest BCUT2D eigenvalue weighted by Gasteiger charge is 2.31. The third-order valence-corrected chi connectivity index (χ3v) is 2.27. The summed E-state index contributed by atoms with van der Waals surface area (Å²) in [4.78, 5) is -0.562. The molecule has 2 nitrogen and oxygen atoms in total.